The van der Waals surface area contributed by atoms with Gasteiger partial charge in [0.1, 0.15) is 11.4 Å². The summed E-state index contributed by atoms with van der Waals surface area (Å²) in [6.07, 6.45) is -9.03. The zero-order valence-corrected chi connectivity index (χ0v) is 17.9. The molecule has 4 rings (SSSR count). The Kier molecular flexibility index (Phi) is 6.54. The third-order valence-corrected chi connectivity index (χ3v) is 4.16. The van der Waals surface area contributed by atoms with Gasteiger partial charge in [-0.3, -0.25) is 9.97 Å². The molecule has 0 aliphatic carbocycles. The van der Waals surface area contributed by atoms with E-state index in [1.165, 1.54) is 12.1 Å². The summed E-state index contributed by atoms with van der Waals surface area (Å²) in [7, 11) is 0. The van der Waals surface area contributed by atoms with Crippen molar-refractivity contribution < 1.29 is 47.4 Å². The van der Waals surface area contributed by atoms with Gasteiger partial charge >= 0.3 is 33.4 Å². The molecule has 4 heterocycles. The molecular formula is C19H10F6N6Pt. The molecule has 4 aromatic heterocycles. The number of hydrogen-bond acceptors (Lipinski definition) is 4. The molecule has 0 bridgehead atoms. The molecule has 168 valence electrons. The first-order chi connectivity index (χ1) is 14.6. The summed E-state index contributed by atoms with van der Waals surface area (Å²) in [4.78, 5) is 8.57. The molecule has 0 aliphatic rings. The van der Waals surface area contributed by atoms with Gasteiger partial charge in [0.2, 0.25) is 0 Å². The van der Waals surface area contributed by atoms with Crippen molar-refractivity contribution in [3.63, 3.8) is 0 Å². The van der Waals surface area contributed by atoms with Crippen molar-refractivity contribution in [2.24, 2.45) is 0 Å². The van der Waals surface area contributed by atoms with Gasteiger partial charge in [-0.2, -0.15) is 26.3 Å². The van der Waals surface area contributed by atoms with Gasteiger partial charge in [-0.25, -0.2) is 0 Å². The molecule has 0 N–H and O–H groups in total. The monoisotopic (exact) mass is 631 g/mol. The summed E-state index contributed by atoms with van der Waals surface area (Å²) >= 11 is 0. The van der Waals surface area contributed by atoms with Gasteiger partial charge in [0.15, 0.2) is 0 Å². The molecular weight excluding hydrogens is 621 g/mol. The van der Waals surface area contributed by atoms with E-state index in [0.717, 1.165) is 12.1 Å². The minimum atomic E-state index is -4.61. The van der Waals surface area contributed by atoms with Crippen LogP contribution in [0.15, 0.2) is 48.5 Å². The summed E-state index contributed by atoms with van der Waals surface area (Å²) < 4.78 is 76.4. The quantitative estimate of drug-likeness (QED) is 0.316. The van der Waals surface area contributed by atoms with Crippen LogP contribution in [0, 0.1) is 0 Å². The van der Waals surface area contributed by atoms with Gasteiger partial charge in [0, 0.05) is 29.2 Å². The fraction of sp³-hybridized carbons (Fsp3) is 0.158. The molecule has 0 aliphatic heterocycles. The van der Waals surface area contributed by atoms with Crippen LogP contribution in [0.4, 0.5) is 26.3 Å². The molecule has 4 aromatic rings. The van der Waals surface area contributed by atoms with E-state index in [2.05, 4.69) is 30.4 Å². The van der Waals surface area contributed by atoms with Gasteiger partial charge in [-0.05, 0) is 36.4 Å². The fourth-order valence-corrected chi connectivity index (χ4v) is 2.74. The summed E-state index contributed by atoms with van der Waals surface area (Å²) in [6, 6.07) is 11.1. The maximum atomic E-state index is 12.7. The first-order valence-electron chi connectivity index (χ1n) is 8.67. The van der Waals surface area contributed by atoms with E-state index in [9.17, 15) is 26.3 Å². The average Bonchev–Trinajstić information content (AvgIpc) is 3.38. The molecule has 0 aromatic carbocycles. The average molecular weight is 631 g/mol. The number of nitrogens with zero attached hydrogens (tertiary/aromatic N) is 6. The summed E-state index contributed by atoms with van der Waals surface area (Å²) in [5.74, 6) is 0. The molecule has 32 heavy (non-hydrogen) atoms. The third-order valence-electron chi connectivity index (χ3n) is 4.16. The van der Waals surface area contributed by atoms with Crippen molar-refractivity contribution in [3.05, 3.63) is 71.3 Å². The Balaban J connectivity index is 0.00000289. The second kappa shape index (κ2) is 8.85. The minimum absolute atomic E-state index is 0. The van der Waals surface area contributed by atoms with Gasteiger partial charge in [-0.15, -0.1) is 0 Å². The standard InChI is InChI=1S/C19H10F6N6.Pt/c20-18(21,22)16-8-14(28-30-16)12-5-1-3-10(26-12)7-11-4-2-6-13(27-11)15-9-17(31-29-15)19(23,24)25;/h1-6,8-9H,7H2;/q-2;+2. The third kappa shape index (κ3) is 5.24. The molecule has 0 amide bonds. The maximum absolute atomic E-state index is 12.7. The van der Waals surface area contributed by atoms with E-state index in [1.54, 1.807) is 24.3 Å². The molecule has 0 saturated carbocycles. The Morgan fingerprint density at radius 3 is 1.41 bits per heavy atom. The maximum Gasteiger partial charge on any atom is 2.00 e. The molecule has 0 fully saturated rings. The molecule has 0 saturated heterocycles. The van der Waals surface area contributed by atoms with E-state index >= 15 is 0 Å². The molecule has 0 atom stereocenters. The van der Waals surface area contributed by atoms with Crippen LogP contribution < -0.4 is 10.2 Å². The first kappa shape index (κ1) is 23.6. The zero-order chi connectivity index (χ0) is 22.2. The number of rotatable bonds is 4. The summed E-state index contributed by atoms with van der Waals surface area (Å²) in [5, 5.41) is 13.3. The van der Waals surface area contributed by atoms with Gasteiger partial charge < -0.3 is 20.4 Å². The van der Waals surface area contributed by atoms with E-state index in [4.69, 9.17) is 0 Å². The molecule has 0 radical (unpaired) electrons. The van der Waals surface area contributed by atoms with Crippen LogP contribution in [0.3, 0.4) is 0 Å². The Morgan fingerprint density at radius 2 is 1.06 bits per heavy atom. The Labute approximate surface area is 190 Å². The Bertz CT molecular complexity index is 1120. The molecule has 6 nitrogen and oxygen atoms in total. The predicted octanol–water partition coefficient (Wildman–Crippen LogP) is 4.14. The van der Waals surface area contributed by atoms with Gasteiger partial charge in [0.25, 0.3) is 0 Å². The van der Waals surface area contributed by atoms with Crippen LogP contribution in [0.2, 0.25) is 0 Å². The number of alkyl halides is 6. The Morgan fingerprint density at radius 1 is 0.656 bits per heavy atom. The number of pyridine rings is 2. The number of halogens is 6. The largest absolute Gasteiger partial charge is 2.00 e. The van der Waals surface area contributed by atoms with Crippen LogP contribution in [0.25, 0.3) is 22.8 Å². The van der Waals surface area contributed by atoms with Crippen molar-refractivity contribution in [1.82, 2.24) is 30.4 Å². The summed E-state index contributed by atoms with van der Waals surface area (Å²) in [5.41, 5.74) is -0.922. The minimum Gasteiger partial charge on any atom is -0.573 e. The predicted molar refractivity (Wildman–Crippen MR) is 94.4 cm³/mol. The molecule has 13 heteroatoms. The van der Waals surface area contributed by atoms with Crippen molar-refractivity contribution >= 4 is 0 Å². The van der Waals surface area contributed by atoms with Gasteiger partial charge in [-0.1, -0.05) is 23.5 Å². The van der Waals surface area contributed by atoms with Crippen molar-refractivity contribution in [2.75, 3.05) is 0 Å². The smallest absolute Gasteiger partial charge is 0.573 e. The Hall–Kier alpha value is -3.01. The van der Waals surface area contributed by atoms with Crippen LogP contribution in [-0.2, 0) is 39.8 Å². The molecule has 0 spiro atoms. The second-order valence-electron chi connectivity index (χ2n) is 6.43. The zero-order valence-electron chi connectivity index (χ0n) is 15.6. The normalized spacial score (nSPS) is 11.9. The van der Waals surface area contributed by atoms with Crippen molar-refractivity contribution in [3.8, 4) is 22.8 Å². The first-order valence-corrected chi connectivity index (χ1v) is 8.67. The van der Waals surface area contributed by atoms with Crippen molar-refractivity contribution in [2.45, 2.75) is 18.8 Å². The van der Waals surface area contributed by atoms with E-state index in [0.29, 0.717) is 11.4 Å². The summed E-state index contributed by atoms with van der Waals surface area (Å²) in [6.45, 7) is 0. The van der Waals surface area contributed by atoms with Gasteiger partial charge in [0.05, 0.1) is 0 Å². The van der Waals surface area contributed by atoms with Crippen LogP contribution in [0.5, 0.6) is 0 Å². The fourth-order valence-electron chi connectivity index (χ4n) is 2.74. The number of hydrogen-bond donors (Lipinski definition) is 0. The van der Waals surface area contributed by atoms with Crippen LogP contribution >= 0.6 is 0 Å². The van der Waals surface area contributed by atoms with Crippen LogP contribution in [-0.4, -0.2) is 20.2 Å². The SMILES string of the molecule is FC(F)(F)c1cc(-c2cccc(Cc3cccc(-c4cc(C(F)(F)F)n[n-]4)n3)n2)[n-]n1.[Pt+2]. The second-order valence-corrected chi connectivity index (χ2v) is 6.43. The van der Waals surface area contributed by atoms with Crippen LogP contribution in [0.1, 0.15) is 22.8 Å². The van der Waals surface area contributed by atoms with E-state index in [-0.39, 0.29) is 50.3 Å². The van der Waals surface area contributed by atoms with Crippen molar-refractivity contribution in [1.29, 1.82) is 0 Å². The topological polar surface area (TPSA) is 79.8 Å². The van der Waals surface area contributed by atoms with E-state index < -0.39 is 23.7 Å². The molecule has 0 unspecified atom stereocenters. The van der Waals surface area contributed by atoms with E-state index in [1.807, 2.05) is 0 Å². The number of aromatic nitrogens is 6.